The minimum absolute atomic E-state index is 0.224. The topological polar surface area (TPSA) is 77.7 Å². The van der Waals surface area contributed by atoms with E-state index in [0.717, 1.165) is 12.0 Å². The van der Waals surface area contributed by atoms with Crippen molar-refractivity contribution in [3.63, 3.8) is 0 Å². The number of ether oxygens (including phenoxy) is 2. The number of carbonyl (C=O) groups is 1. The van der Waals surface area contributed by atoms with Crippen molar-refractivity contribution >= 4 is 11.8 Å². The molecule has 1 aromatic rings. The van der Waals surface area contributed by atoms with Crippen molar-refractivity contribution in [2.24, 2.45) is 0 Å². The van der Waals surface area contributed by atoms with Gasteiger partial charge in [0.25, 0.3) is 0 Å². The van der Waals surface area contributed by atoms with Crippen molar-refractivity contribution in [3.8, 4) is 0 Å². The Labute approximate surface area is 125 Å². The van der Waals surface area contributed by atoms with Crippen molar-refractivity contribution in [2.45, 2.75) is 38.8 Å². The highest BCUT2D eigenvalue weighted by Crippen LogP contribution is 2.26. The molecule has 0 spiro atoms. The zero-order valence-electron chi connectivity index (χ0n) is 12.8. The van der Waals surface area contributed by atoms with E-state index in [-0.39, 0.29) is 12.1 Å². The van der Waals surface area contributed by atoms with Gasteiger partial charge in [-0.25, -0.2) is 4.79 Å². The maximum Gasteiger partial charge on any atom is 0.410 e. The highest BCUT2D eigenvalue weighted by molar-refractivity contribution is 5.69. The van der Waals surface area contributed by atoms with Gasteiger partial charge in [0.15, 0.2) is 0 Å². The number of nitrogens with zero attached hydrogens (tertiary/aromatic N) is 2. The molecule has 1 atom stereocenters. The number of hydrogen-bond acceptors (Lipinski definition) is 5. The molecule has 1 aromatic heterocycles. The average molecular weight is 293 g/mol. The van der Waals surface area contributed by atoms with Crippen LogP contribution in [0.3, 0.4) is 0 Å². The summed E-state index contributed by atoms with van der Waals surface area (Å²) in [6, 6.07) is 1.60. The molecule has 116 valence electrons. The quantitative estimate of drug-likeness (QED) is 0.860. The molecule has 1 aliphatic heterocycles. The van der Waals surface area contributed by atoms with Gasteiger partial charge in [0.2, 0.25) is 0 Å². The van der Waals surface area contributed by atoms with Gasteiger partial charge in [-0.05, 0) is 38.8 Å². The van der Waals surface area contributed by atoms with E-state index in [9.17, 15) is 4.79 Å². The third-order valence-electron chi connectivity index (χ3n) is 3.13. The third kappa shape index (κ3) is 4.32. The fraction of sp³-hybridized carbons (Fsp3) is 0.600. The van der Waals surface area contributed by atoms with Gasteiger partial charge < -0.3 is 15.2 Å². The van der Waals surface area contributed by atoms with E-state index >= 15 is 0 Å². The minimum Gasteiger partial charge on any atom is -0.444 e. The van der Waals surface area contributed by atoms with Crippen LogP contribution in [0.5, 0.6) is 0 Å². The number of amides is 1. The van der Waals surface area contributed by atoms with Crippen LogP contribution in [0.15, 0.2) is 18.5 Å². The molecule has 0 bridgehead atoms. The number of nitrogen functional groups attached to an aromatic ring is 1. The molecule has 0 aliphatic carbocycles. The number of nitrogens with two attached hydrogens (primary N) is 1. The van der Waals surface area contributed by atoms with Crippen molar-refractivity contribution in [2.75, 3.05) is 25.5 Å². The van der Waals surface area contributed by atoms with Crippen molar-refractivity contribution < 1.29 is 14.3 Å². The number of rotatable bonds is 1. The van der Waals surface area contributed by atoms with Crippen LogP contribution in [0.25, 0.3) is 0 Å². The number of anilines is 1. The first-order valence-electron chi connectivity index (χ1n) is 7.14. The molecular weight excluding hydrogens is 270 g/mol. The normalized spacial score (nSPS) is 20.0. The molecule has 1 saturated heterocycles. The highest BCUT2D eigenvalue weighted by atomic mass is 16.6. The van der Waals surface area contributed by atoms with Gasteiger partial charge in [-0.2, -0.15) is 0 Å². The molecule has 6 nitrogen and oxygen atoms in total. The molecular formula is C15H23N3O3. The monoisotopic (exact) mass is 293 g/mol. The minimum atomic E-state index is -0.525. The van der Waals surface area contributed by atoms with Crippen LogP contribution in [0, 0.1) is 0 Å². The fourth-order valence-electron chi connectivity index (χ4n) is 2.25. The Morgan fingerprint density at radius 3 is 2.90 bits per heavy atom. The van der Waals surface area contributed by atoms with Gasteiger partial charge in [-0.1, -0.05) is 0 Å². The Bertz CT molecular complexity index is 499. The Morgan fingerprint density at radius 2 is 2.24 bits per heavy atom. The lowest BCUT2D eigenvalue weighted by atomic mass is 10.1. The maximum absolute atomic E-state index is 12.4. The van der Waals surface area contributed by atoms with Gasteiger partial charge in [-0.3, -0.25) is 9.88 Å². The van der Waals surface area contributed by atoms with Crippen LogP contribution in [0.2, 0.25) is 0 Å². The lowest BCUT2D eigenvalue weighted by Gasteiger charge is -2.31. The standard InChI is InChI=1S/C15H23N3O3/c1-15(2,3)21-14(19)18-5-4-6-20-10-13(18)11-7-12(16)9-17-8-11/h7-9,13H,4-6,10,16H2,1-3H3/t13-/m1/s1. The molecule has 0 saturated carbocycles. The summed E-state index contributed by atoms with van der Waals surface area (Å²) in [5.74, 6) is 0. The van der Waals surface area contributed by atoms with Crippen LogP contribution in [-0.4, -0.2) is 41.3 Å². The van der Waals surface area contributed by atoms with E-state index in [0.29, 0.717) is 25.4 Å². The van der Waals surface area contributed by atoms with Gasteiger partial charge >= 0.3 is 6.09 Å². The first-order chi connectivity index (χ1) is 9.87. The predicted molar refractivity (Wildman–Crippen MR) is 79.8 cm³/mol. The number of pyridine rings is 1. The lowest BCUT2D eigenvalue weighted by Crippen LogP contribution is -2.40. The van der Waals surface area contributed by atoms with Crippen LogP contribution in [0.1, 0.15) is 38.8 Å². The Balaban J connectivity index is 2.24. The molecule has 0 radical (unpaired) electrons. The highest BCUT2D eigenvalue weighted by Gasteiger charge is 2.31. The second-order valence-corrected chi connectivity index (χ2v) is 6.17. The van der Waals surface area contributed by atoms with Crippen molar-refractivity contribution in [3.05, 3.63) is 24.0 Å². The first kappa shape index (κ1) is 15.6. The van der Waals surface area contributed by atoms with E-state index in [1.165, 1.54) is 0 Å². The van der Waals surface area contributed by atoms with E-state index in [1.54, 1.807) is 17.3 Å². The predicted octanol–water partition coefficient (Wildman–Crippen LogP) is 2.36. The summed E-state index contributed by atoms with van der Waals surface area (Å²) in [6.45, 7) is 7.22. The summed E-state index contributed by atoms with van der Waals surface area (Å²) < 4.78 is 11.1. The van der Waals surface area contributed by atoms with Crippen molar-refractivity contribution in [1.82, 2.24) is 9.88 Å². The van der Waals surface area contributed by atoms with E-state index in [1.807, 2.05) is 26.8 Å². The van der Waals surface area contributed by atoms with Gasteiger partial charge in [0.1, 0.15) is 5.60 Å². The molecule has 1 fully saturated rings. The molecule has 21 heavy (non-hydrogen) atoms. The zero-order valence-corrected chi connectivity index (χ0v) is 12.8. The molecule has 1 aliphatic rings. The fourth-order valence-corrected chi connectivity index (χ4v) is 2.25. The summed E-state index contributed by atoms with van der Waals surface area (Å²) in [4.78, 5) is 18.2. The van der Waals surface area contributed by atoms with E-state index < -0.39 is 5.60 Å². The Hall–Kier alpha value is -1.82. The summed E-state index contributed by atoms with van der Waals surface area (Å²) in [5, 5.41) is 0. The second kappa shape index (κ2) is 6.30. The van der Waals surface area contributed by atoms with Crippen LogP contribution < -0.4 is 5.73 Å². The summed E-state index contributed by atoms with van der Waals surface area (Å²) in [5.41, 5.74) is 6.70. The van der Waals surface area contributed by atoms with Gasteiger partial charge in [0, 0.05) is 25.5 Å². The smallest absolute Gasteiger partial charge is 0.410 e. The lowest BCUT2D eigenvalue weighted by molar-refractivity contribution is 0.0118. The van der Waals surface area contributed by atoms with Gasteiger partial charge in [0.05, 0.1) is 18.3 Å². The maximum atomic E-state index is 12.4. The molecule has 1 amide bonds. The van der Waals surface area contributed by atoms with Crippen LogP contribution in [0.4, 0.5) is 10.5 Å². The van der Waals surface area contributed by atoms with E-state index in [2.05, 4.69) is 4.98 Å². The molecule has 2 N–H and O–H groups in total. The Morgan fingerprint density at radius 1 is 1.48 bits per heavy atom. The third-order valence-corrected chi connectivity index (χ3v) is 3.13. The summed E-state index contributed by atoms with van der Waals surface area (Å²) >= 11 is 0. The molecule has 2 rings (SSSR count). The Kier molecular flexibility index (Phi) is 4.67. The number of aromatic nitrogens is 1. The van der Waals surface area contributed by atoms with Gasteiger partial charge in [-0.15, -0.1) is 0 Å². The number of carbonyl (C=O) groups excluding carboxylic acids is 1. The van der Waals surface area contributed by atoms with Crippen molar-refractivity contribution in [1.29, 1.82) is 0 Å². The molecule has 0 unspecified atom stereocenters. The molecule has 0 aromatic carbocycles. The average Bonchev–Trinajstić information content (AvgIpc) is 2.62. The SMILES string of the molecule is CC(C)(C)OC(=O)N1CCCOC[C@@H]1c1cncc(N)c1. The number of hydrogen-bond donors (Lipinski definition) is 1. The second-order valence-electron chi connectivity index (χ2n) is 6.17. The van der Waals surface area contributed by atoms with Crippen LogP contribution in [-0.2, 0) is 9.47 Å². The first-order valence-corrected chi connectivity index (χ1v) is 7.14. The molecule has 2 heterocycles. The summed E-state index contributed by atoms with van der Waals surface area (Å²) in [7, 11) is 0. The molecule has 6 heteroatoms. The van der Waals surface area contributed by atoms with E-state index in [4.69, 9.17) is 15.2 Å². The zero-order chi connectivity index (χ0) is 15.5. The van der Waals surface area contributed by atoms with Crippen LogP contribution >= 0.6 is 0 Å². The largest absolute Gasteiger partial charge is 0.444 e. The summed E-state index contributed by atoms with van der Waals surface area (Å²) in [6.07, 6.45) is 3.75.